The summed E-state index contributed by atoms with van der Waals surface area (Å²) in [4.78, 5) is 30.2. The van der Waals surface area contributed by atoms with Gasteiger partial charge in [0.25, 0.3) is 0 Å². The van der Waals surface area contributed by atoms with Crippen LogP contribution in [0.5, 0.6) is 0 Å². The highest BCUT2D eigenvalue weighted by Crippen LogP contribution is 2.42. The summed E-state index contributed by atoms with van der Waals surface area (Å²) in [7, 11) is 1.72. The van der Waals surface area contributed by atoms with Gasteiger partial charge in [0, 0.05) is 50.0 Å². The molecular weight excluding hydrogens is 406 g/mol. The van der Waals surface area contributed by atoms with Gasteiger partial charge in [0.1, 0.15) is 12.2 Å². The van der Waals surface area contributed by atoms with E-state index in [9.17, 15) is 9.59 Å². The van der Waals surface area contributed by atoms with Crippen molar-refractivity contribution in [2.75, 3.05) is 43.0 Å². The molecule has 1 spiro atoms. The highest BCUT2D eigenvalue weighted by atomic mass is 16.6. The van der Waals surface area contributed by atoms with Crippen molar-refractivity contribution in [2.24, 2.45) is 5.41 Å². The van der Waals surface area contributed by atoms with E-state index < -0.39 is 11.7 Å². The molecule has 0 radical (unpaired) electrons. The third-order valence-corrected chi connectivity index (χ3v) is 5.82. The van der Waals surface area contributed by atoms with Crippen molar-refractivity contribution >= 4 is 23.6 Å². The molecule has 170 valence electrons. The van der Waals surface area contributed by atoms with E-state index in [1.54, 1.807) is 11.9 Å². The minimum absolute atomic E-state index is 0.146. The number of carbonyl (C=O) groups is 2. The van der Waals surface area contributed by atoms with Gasteiger partial charge in [0.05, 0.1) is 0 Å². The predicted octanol–water partition coefficient (Wildman–Crippen LogP) is 4.52. The number of hydrogen-bond donors (Lipinski definition) is 0. The minimum Gasteiger partial charge on any atom is -0.444 e. The van der Waals surface area contributed by atoms with E-state index in [1.807, 2.05) is 75.4 Å². The van der Waals surface area contributed by atoms with E-state index in [4.69, 9.17) is 9.47 Å². The van der Waals surface area contributed by atoms with Crippen molar-refractivity contribution in [1.82, 2.24) is 4.90 Å². The number of likely N-dealkylation sites (tertiary alicyclic amines) is 1. The Bertz CT molecular complexity index is 972. The van der Waals surface area contributed by atoms with Crippen LogP contribution in [-0.4, -0.2) is 55.9 Å². The van der Waals surface area contributed by atoms with Crippen LogP contribution in [0.3, 0.4) is 0 Å². The van der Waals surface area contributed by atoms with E-state index in [0.29, 0.717) is 0 Å². The molecule has 0 saturated carbocycles. The SMILES string of the molecule is CN(C(=O)OCc1ccccc1)c1cccc(N2CC3(CN(C(=O)OC(C)(C)C)C3)C2)c1. The fourth-order valence-corrected chi connectivity index (χ4v) is 4.18. The Morgan fingerprint density at radius 3 is 2.34 bits per heavy atom. The summed E-state index contributed by atoms with van der Waals surface area (Å²) in [6.45, 7) is 9.11. The van der Waals surface area contributed by atoms with Crippen molar-refractivity contribution in [1.29, 1.82) is 0 Å². The topological polar surface area (TPSA) is 62.3 Å². The van der Waals surface area contributed by atoms with Crippen LogP contribution in [0.4, 0.5) is 21.0 Å². The molecule has 2 aliphatic rings. The molecule has 0 aromatic heterocycles. The van der Waals surface area contributed by atoms with Gasteiger partial charge in [0.15, 0.2) is 0 Å². The first-order valence-electron chi connectivity index (χ1n) is 10.9. The standard InChI is InChI=1S/C25H31N3O4/c1-24(2,3)32-23(30)28-17-25(18-28)15-27(16-25)21-12-8-11-20(13-21)26(4)22(29)31-14-19-9-6-5-7-10-19/h5-13H,14-18H2,1-4H3. The summed E-state index contributed by atoms with van der Waals surface area (Å²) < 4.78 is 10.9. The van der Waals surface area contributed by atoms with Gasteiger partial charge < -0.3 is 19.3 Å². The zero-order chi connectivity index (χ0) is 22.9. The summed E-state index contributed by atoms with van der Waals surface area (Å²) in [6, 6.07) is 17.5. The molecule has 2 saturated heterocycles. The molecule has 0 unspecified atom stereocenters. The molecule has 0 N–H and O–H groups in total. The molecular formula is C25H31N3O4. The quantitative estimate of drug-likeness (QED) is 0.704. The first-order valence-corrected chi connectivity index (χ1v) is 10.9. The maximum Gasteiger partial charge on any atom is 0.414 e. The van der Waals surface area contributed by atoms with E-state index >= 15 is 0 Å². The number of amides is 2. The normalized spacial score (nSPS) is 16.8. The van der Waals surface area contributed by atoms with Gasteiger partial charge in [0.2, 0.25) is 0 Å². The highest BCUT2D eigenvalue weighted by molar-refractivity contribution is 5.87. The first-order chi connectivity index (χ1) is 15.1. The zero-order valence-electron chi connectivity index (χ0n) is 19.2. The Hall–Kier alpha value is -3.22. The summed E-state index contributed by atoms with van der Waals surface area (Å²) in [5.74, 6) is 0. The van der Waals surface area contributed by atoms with Crippen molar-refractivity contribution in [3.05, 3.63) is 60.2 Å². The summed E-state index contributed by atoms with van der Waals surface area (Å²) in [6.07, 6.45) is -0.628. The molecule has 32 heavy (non-hydrogen) atoms. The lowest BCUT2D eigenvalue weighted by molar-refractivity contribution is -0.0452. The molecule has 0 atom stereocenters. The number of benzene rings is 2. The average Bonchev–Trinajstić information content (AvgIpc) is 2.69. The summed E-state index contributed by atoms with van der Waals surface area (Å²) in [5, 5.41) is 0. The van der Waals surface area contributed by atoms with Gasteiger partial charge in [-0.25, -0.2) is 9.59 Å². The number of carbonyl (C=O) groups excluding carboxylic acids is 2. The number of nitrogens with zero attached hydrogens (tertiary/aromatic N) is 3. The molecule has 7 heteroatoms. The third kappa shape index (κ3) is 4.82. The Kier molecular flexibility index (Phi) is 5.75. The van der Waals surface area contributed by atoms with Gasteiger partial charge in [-0.3, -0.25) is 4.90 Å². The highest BCUT2D eigenvalue weighted by Gasteiger charge is 2.54. The number of hydrogen-bond acceptors (Lipinski definition) is 5. The fraction of sp³-hybridized carbons (Fsp3) is 0.440. The van der Waals surface area contributed by atoms with Gasteiger partial charge in [-0.15, -0.1) is 0 Å². The lowest BCUT2D eigenvalue weighted by Gasteiger charge is -2.60. The number of anilines is 2. The minimum atomic E-state index is -0.472. The third-order valence-electron chi connectivity index (χ3n) is 5.82. The van der Waals surface area contributed by atoms with Gasteiger partial charge in [-0.05, 0) is 44.5 Å². The number of ether oxygens (including phenoxy) is 2. The Balaban J connectivity index is 1.29. The second-order valence-electron chi connectivity index (χ2n) is 9.81. The van der Waals surface area contributed by atoms with Crippen LogP contribution in [0.1, 0.15) is 26.3 Å². The van der Waals surface area contributed by atoms with Crippen molar-refractivity contribution < 1.29 is 19.1 Å². The smallest absolute Gasteiger partial charge is 0.414 e. The molecule has 0 bridgehead atoms. The van der Waals surface area contributed by atoms with E-state index in [-0.39, 0.29) is 18.1 Å². The van der Waals surface area contributed by atoms with Crippen LogP contribution >= 0.6 is 0 Å². The zero-order valence-corrected chi connectivity index (χ0v) is 19.2. The monoisotopic (exact) mass is 437 g/mol. The molecule has 2 amide bonds. The van der Waals surface area contributed by atoms with Crippen LogP contribution < -0.4 is 9.80 Å². The van der Waals surface area contributed by atoms with Crippen molar-refractivity contribution in [3.8, 4) is 0 Å². The maximum absolute atomic E-state index is 12.5. The molecule has 2 heterocycles. The van der Waals surface area contributed by atoms with E-state index in [2.05, 4.69) is 4.90 Å². The van der Waals surface area contributed by atoms with E-state index in [1.165, 1.54) is 4.90 Å². The van der Waals surface area contributed by atoms with Crippen molar-refractivity contribution in [3.63, 3.8) is 0 Å². The molecule has 2 aliphatic heterocycles. The largest absolute Gasteiger partial charge is 0.444 e. The summed E-state index contributed by atoms with van der Waals surface area (Å²) in [5.41, 5.74) is 2.47. The van der Waals surface area contributed by atoms with Crippen LogP contribution in [0.2, 0.25) is 0 Å². The molecule has 4 rings (SSSR count). The van der Waals surface area contributed by atoms with Crippen LogP contribution in [0.25, 0.3) is 0 Å². The molecule has 2 aromatic carbocycles. The van der Waals surface area contributed by atoms with Crippen molar-refractivity contribution in [2.45, 2.75) is 33.0 Å². The van der Waals surface area contributed by atoms with Crippen LogP contribution in [0.15, 0.2) is 54.6 Å². The Morgan fingerprint density at radius 2 is 1.69 bits per heavy atom. The van der Waals surface area contributed by atoms with E-state index in [0.717, 1.165) is 43.1 Å². The Morgan fingerprint density at radius 1 is 1.00 bits per heavy atom. The Labute approximate surface area is 189 Å². The fourth-order valence-electron chi connectivity index (χ4n) is 4.18. The van der Waals surface area contributed by atoms with Crippen LogP contribution in [0, 0.1) is 5.41 Å². The molecule has 2 aromatic rings. The lowest BCUT2D eigenvalue weighted by Crippen LogP contribution is -2.73. The van der Waals surface area contributed by atoms with Gasteiger partial charge in [-0.1, -0.05) is 36.4 Å². The molecule has 0 aliphatic carbocycles. The second kappa shape index (κ2) is 8.37. The predicted molar refractivity (Wildman–Crippen MR) is 124 cm³/mol. The average molecular weight is 438 g/mol. The summed E-state index contributed by atoms with van der Waals surface area (Å²) >= 11 is 0. The lowest BCUT2D eigenvalue weighted by atomic mass is 9.73. The van der Waals surface area contributed by atoms with Gasteiger partial charge in [-0.2, -0.15) is 0 Å². The molecule has 2 fully saturated rings. The van der Waals surface area contributed by atoms with Crippen LogP contribution in [-0.2, 0) is 16.1 Å². The van der Waals surface area contributed by atoms with Gasteiger partial charge >= 0.3 is 12.2 Å². The number of rotatable bonds is 4. The second-order valence-corrected chi connectivity index (χ2v) is 9.81. The first kappa shape index (κ1) is 22.0. The molecule has 7 nitrogen and oxygen atoms in total. The maximum atomic E-state index is 12.5.